The topological polar surface area (TPSA) is 24.9 Å². The van der Waals surface area contributed by atoms with Crippen molar-refractivity contribution in [1.29, 1.82) is 0 Å². The van der Waals surface area contributed by atoms with Crippen molar-refractivity contribution in [2.24, 2.45) is 11.8 Å². The van der Waals surface area contributed by atoms with Crippen LogP contribution in [-0.2, 0) is 6.54 Å². The Hall–Kier alpha value is -1.38. The molecule has 2 aliphatic carbocycles. The van der Waals surface area contributed by atoms with Crippen LogP contribution >= 0.6 is 11.6 Å². The molecule has 4 atom stereocenters. The summed E-state index contributed by atoms with van der Waals surface area (Å²) in [5.41, 5.74) is 2.74. The van der Waals surface area contributed by atoms with Gasteiger partial charge in [0.05, 0.1) is 0 Å². The quantitative estimate of drug-likeness (QED) is 0.846. The lowest BCUT2D eigenvalue weighted by Crippen LogP contribution is -2.33. The van der Waals surface area contributed by atoms with Crippen LogP contribution < -0.4 is 5.32 Å². The number of fused-ring (bicyclic) bond motifs is 2. The van der Waals surface area contributed by atoms with Gasteiger partial charge in [-0.25, -0.2) is 4.98 Å². The van der Waals surface area contributed by atoms with Gasteiger partial charge in [-0.15, -0.1) is 0 Å². The molecule has 4 rings (SSSR count). The zero-order valence-corrected chi connectivity index (χ0v) is 13.3. The van der Waals surface area contributed by atoms with Crippen molar-refractivity contribution in [2.45, 2.75) is 37.8 Å². The summed E-state index contributed by atoms with van der Waals surface area (Å²) in [6.45, 7) is 0.976. The first-order valence-corrected chi connectivity index (χ1v) is 8.58. The van der Waals surface area contributed by atoms with Gasteiger partial charge in [-0.3, -0.25) is 0 Å². The summed E-state index contributed by atoms with van der Waals surface area (Å²) >= 11 is 5.92. The zero-order chi connectivity index (χ0) is 14.9. The summed E-state index contributed by atoms with van der Waals surface area (Å²) in [6.07, 6.45) is 5.97. The standard InChI is InChI=1S/C19H21ClN2/c20-18-9-7-15(12-21-18)17-10-14-6-8-16(17)19(14)22-11-13-4-2-1-3-5-13/h1-5,7,9,12,14,16-17,19,22H,6,8,10-11H2/t14-,16+,17+,19+/m0/s1. The molecule has 1 aromatic carbocycles. The fraction of sp³-hybridized carbons (Fsp3) is 0.421. The number of hydrogen-bond acceptors (Lipinski definition) is 2. The van der Waals surface area contributed by atoms with Crippen LogP contribution in [0.5, 0.6) is 0 Å². The summed E-state index contributed by atoms with van der Waals surface area (Å²) in [7, 11) is 0. The molecule has 1 heterocycles. The lowest BCUT2D eigenvalue weighted by Gasteiger charge is -2.23. The van der Waals surface area contributed by atoms with Gasteiger partial charge in [0, 0.05) is 18.8 Å². The molecule has 0 amide bonds. The SMILES string of the molecule is Clc1ccc([C@H]2C[C@@H]3CC[C@H]2[C@@H]3NCc2ccccc2)cn1. The normalized spacial score (nSPS) is 29.9. The highest BCUT2D eigenvalue weighted by molar-refractivity contribution is 6.29. The summed E-state index contributed by atoms with van der Waals surface area (Å²) < 4.78 is 0. The third-order valence-electron chi connectivity index (χ3n) is 5.48. The van der Waals surface area contributed by atoms with E-state index in [1.165, 1.54) is 30.4 Å². The van der Waals surface area contributed by atoms with Gasteiger partial charge in [-0.05, 0) is 54.2 Å². The van der Waals surface area contributed by atoms with Crippen LogP contribution in [0.2, 0.25) is 5.15 Å². The Labute approximate surface area is 136 Å². The highest BCUT2D eigenvalue weighted by atomic mass is 35.5. The number of halogens is 1. The largest absolute Gasteiger partial charge is 0.309 e. The summed E-state index contributed by atoms with van der Waals surface area (Å²) in [5.74, 6) is 2.21. The second-order valence-corrected chi connectivity index (χ2v) is 7.04. The Morgan fingerprint density at radius 2 is 1.95 bits per heavy atom. The Balaban J connectivity index is 1.45. The second-order valence-electron chi connectivity index (χ2n) is 6.65. The van der Waals surface area contributed by atoms with Crippen molar-refractivity contribution in [3.8, 4) is 0 Å². The van der Waals surface area contributed by atoms with Gasteiger partial charge in [-0.1, -0.05) is 48.0 Å². The van der Waals surface area contributed by atoms with E-state index in [4.69, 9.17) is 11.6 Å². The first-order chi connectivity index (χ1) is 10.8. The van der Waals surface area contributed by atoms with Crippen LogP contribution in [0.1, 0.15) is 36.3 Å². The monoisotopic (exact) mass is 312 g/mol. The Morgan fingerprint density at radius 3 is 2.73 bits per heavy atom. The van der Waals surface area contributed by atoms with E-state index in [9.17, 15) is 0 Å². The van der Waals surface area contributed by atoms with Crippen molar-refractivity contribution in [2.75, 3.05) is 0 Å². The molecule has 0 spiro atoms. The number of rotatable bonds is 4. The van der Waals surface area contributed by atoms with Crippen molar-refractivity contribution in [3.05, 3.63) is 64.9 Å². The van der Waals surface area contributed by atoms with Crippen molar-refractivity contribution in [1.82, 2.24) is 10.3 Å². The first-order valence-electron chi connectivity index (χ1n) is 8.20. The van der Waals surface area contributed by atoms with Crippen molar-refractivity contribution in [3.63, 3.8) is 0 Å². The number of nitrogens with one attached hydrogen (secondary N) is 1. The maximum Gasteiger partial charge on any atom is 0.129 e. The first kappa shape index (κ1) is 14.2. The maximum atomic E-state index is 5.92. The molecule has 2 aromatic rings. The second kappa shape index (κ2) is 6.02. The zero-order valence-electron chi connectivity index (χ0n) is 12.6. The molecule has 114 valence electrons. The van der Waals surface area contributed by atoms with Crippen LogP contribution in [-0.4, -0.2) is 11.0 Å². The number of benzene rings is 1. The van der Waals surface area contributed by atoms with Gasteiger partial charge in [0.2, 0.25) is 0 Å². The van der Waals surface area contributed by atoms with Gasteiger partial charge < -0.3 is 5.32 Å². The molecular weight excluding hydrogens is 292 g/mol. The Bertz CT molecular complexity index is 626. The van der Waals surface area contributed by atoms with Crippen LogP contribution in [0, 0.1) is 11.8 Å². The van der Waals surface area contributed by atoms with E-state index in [-0.39, 0.29) is 0 Å². The smallest absolute Gasteiger partial charge is 0.129 e. The minimum Gasteiger partial charge on any atom is -0.309 e. The third-order valence-corrected chi connectivity index (χ3v) is 5.70. The molecule has 0 aliphatic heterocycles. The third kappa shape index (κ3) is 2.66. The van der Waals surface area contributed by atoms with Crippen LogP contribution in [0.25, 0.3) is 0 Å². The molecule has 22 heavy (non-hydrogen) atoms. The van der Waals surface area contributed by atoms with Crippen LogP contribution in [0.4, 0.5) is 0 Å². The van der Waals surface area contributed by atoms with Gasteiger partial charge >= 0.3 is 0 Å². The van der Waals surface area contributed by atoms with Crippen LogP contribution in [0.3, 0.4) is 0 Å². The van der Waals surface area contributed by atoms with E-state index in [0.717, 1.165) is 18.4 Å². The molecule has 1 aromatic heterocycles. The van der Waals surface area contributed by atoms with E-state index in [0.29, 0.717) is 17.1 Å². The fourth-order valence-electron chi connectivity index (χ4n) is 4.47. The summed E-state index contributed by atoms with van der Waals surface area (Å²) in [6, 6.07) is 15.4. The molecule has 2 saturated carbocycles. The Kier molecular flexibility index (Phi) is 3.89. The number of pyridine rings is 1. The van der Waals surface area contributed by atoms with Gasteiger partial charge in [0.15, 0.2) is 0 Å². The minimum atomic E-state index is 0.589. The summed E-state index contributed by atoms with van der Waals surface area (Å²) in [5, 5.41) is 4.41. The summed E-state index contributed by atoms with van der Waals surface area (Å²) in [4.78, 5) is 4.27. The number of aromatic nitrogens is 1. The van der Waals surface area contributed by atoms with E-state index in [1.54, 1.807) is 0 Å². The average Bonchev–Trinajstić information content (AvgIpc) is 3.11. The van der Waals surface area contributed by atoms with Crippen LogP contribution in [0.15, 0.2) is 48.7 Å². The average molecular weight is 313 g/mol. The fourth-order valence-corrected chi connectivity index (χ4v) is 4.58. The molecule has 2 aliphatic rings. The minimum absolute atomic E-state index is 0.589. The molecule has 2 fully saturated rings. The number of nitrogens with zero attached hydrogens (tertiary/aromatic N) is 1. The predicted octanol–water partition coefficient (Wildman–Crippen LogP) is 4.41. The molecule has 2 nitrogen and oxygen atoms in total. The molecule has 0 radical (unpaired) electrons. The molecule has 0 saturated heterocycles. The van der Waals surface area contributed by atoms with Gasteiger partial charge in [0.1, 0.15) is 5.15 Å². The highest BCUT2D eigenvalue weighted by Crippen LogP contribution is 2.53. The number of hydrogen-bond donors (Lipinski definition) is 1. The maximum absolute atomic E-state index is 5.92. The van der Waals surface area contributed by atoms with Gasteiger partial charge in [0.25, 0.3) is 0 Å². The van der Waals surface area contributed by atoms with Crippen molar-refractivity contribution < 1.29 is 0 Å². The van der Waals surface area contributed by atoms with E-state index in [1.807, 2.05) is 12.3 Å². The van der Waals surface area contributed by atoms with Gasteiger partial charge in [-0.2, -0.15) is 0 Å². The molecule has 2 bridgehead atoms. The molecule has 3 heteroatoms. The molecule has 1 N–H and O–H groups in total. The van der Waals surface area contributed by atoms with Crippen molar-refractivity contribution >= 4 is 11.6 Å². The molecular formula is C19H21ClN2. The highest BCUT2D eigenvalue weighted by Gasteiger charge is 2.48. The van der Waals surface area contributed by atoms with E-state index < -0.39 is 0 Å². The van der Waals surface area contributed by atoms with E-state index >= 15 is 0 Å². The Morgan fingerprint density at radius 1 is 1.09 bits per heavy atom. The molecule has 0 unspecified atom stereocenters. The lowest BCUT2D eigenvalue weighted by atomic mass is 9.84. The predicted molar refractivity (Wildman–Crippen MR) is 89.9 cm³/mol. The van der Waals surface area contributed by atoms with E-state index in [2.05, 4.69) is 46.7 Å². The lowest BCUT2D eigenvalue weighted by molar-refractivity contribution is 0.397.